The van der Waals surface area contributed by atoms with E-state index in [4.69, 9.17) is 19.9 Å². The van der Waals surface area contributed by atoms with E-state index in [1.807, 2.05) is 24.4 Å². The van der Waals surface area contributed by atoms with Crippen LogP contribution in [0.3, 0.4) is 0 Å². The van der Waals surface area contributed by atoms with Crippen LogP contribution in [0.25, 0.3) is 89.3 Å². The lowest BCUT2D eigenvalue weighted by Crippen LogP contribution is -2.07. The Hall–Kier alpha value is -6.92. The maximum absolute atomic E-state index is 5.29. The molecular weight excluding hydrogens is 613 g/mol. The van der Waals surface area contributed by atoms with Gasteiger partial charge in [-0.3, -0.25) is 9.55 Å². The second kappa shape index (κ2) is 11.4. The maximum atomic E-state index is 5.29. The summed E-state index contributed by atoms with van der Waals surface area (Å²) >= 11 is 0. The fraction of sp³-hybridized carbons (Fsp3) is 0. The molecule has 0 radical (unpaired) electrons. The lowest BCUT2D eigenvalue weighted by molar-refractivity contribution is 0.951. The molecule has 0 saturated heterocycles. The van der Waals surface area contributed by atoms with Crippen molar-refractivity contribution in [3.63, 3.8) is 0 Å². The topological polar surface area (TPSA) is 61.4 Å². The number of fused-ring (bicyclic) bond motifs is 6. The van der Waals surface area contributed by atoms with Crippen molar-refractivity contribution in [2.45, 2.75) is 0 Å². The lowest BCUT2D eigenvalue weighted by Gasteiger charge is -2.15. The molecule has 234 valence electrons. The summed E-state index contributed by atoms with van der Waals surface area (Å²) in [6.45, 7) is 0. The van der Waals surface area contributed by atoms with E-state index in [2.05, 4.69) is 155 Å². The van der Waals surface area contributed by atoms with Crippen molar-refractivity contribution in [1.29, 1.82) is 0 Å². The fourth-order valence-corrected chi connectivity index (χ4v) is 7.22. The van der Waals surface area contributed by atoms with Crippen LogP contribution in [0.4, 0.5) is 0 Å². The third kappa shape index (κ3) is 4.43. The smallest absolute Gasteiger partial charge is 0.238 e. The number of rotatable bonds is 5. The minimum atomic E-state index is 0.561. The van der Waals surface area contributed by atoms with Crippen LogP contribution in [0.1, 0.15) is 0 Å². The molecule has 10 aromatic rings. The molecule has 0 aliphatic rings. The Morgan fingerprint density at radius 1 is 0.380 bits per heavy atom. The summed E-state index contributed by atoms with van der Waals surface area (Å²) in [6, 6.07) is 56.6. The molecule has 6 heteroatoms. The first-order chi connectivity index (χ1) is 24.8. The average Bonchev–Trinajstić information content (AvgIpc) is 3.71. The molecule has 0 saturated carbocycles. The molecule has 0 unspecified atom stereocenters. The van der Waals surface area contributed by atoms with Crippen LogP contribution in [0.5, 0.6) is 0 Å². The minimum Gasteiger partial charge on any atom is -0.307 e. The summed E-state index contributed by atoms with van der Waals surface area (Å²) in [6.07, 6.45) is 1.85. The molecule has 0 bridgehead atoms. The van der Waals surface area contributed by atoms with Gasteiger partial charge in [0.2, 0.25) is 5.95 Å². The van der Waals surface area contributed by atoms with Crippen molar-refractivity contribution in [2.24, 2.45) is 0 Å². The summed E-state index contributed by atoms with van der Waals surface area (Å²) < 4.78 is 4.43. The third-order valence-corrected chi connectivity index (χ3v) is 9.44. The highest BCUT2D eigenvalue weighted by molar-refractivity contribution is 6.09. The van der Waals surface area contributed by atoms with Crippen LogP contribution < -0.4 is 0 Å². The molecular formula is C44H28N6. The number of nitrogens with zero attached hydrogens (tertiary/aromatic N) is 6. The van der Waals surface area contributed by atoms with E-state index >= 15 is 0 Å². The number of aromatic nitrogens is 6. The van der Waals surface area contributed by atoms with Crippen molar-refractivity contribution in [3.05, 3.63) is 170 Å². The molecule has 0 spiro atoms. The van der Waals surface area contributed by atoms with E-state index in [0.29, 0.717) is 17.6 Å². The van der Waals surface area contributed by atoms with Crippen molar-refractivity contribution in [3.8, 4) is 45.5 Å². The van der Waals surface area contributed by atoms with Crippen LogP contribution in [0, 0.1) is 0 Å². The molecule has 0 aliphatic carbocycles. The number of para-hydroxylation sites is 4. The molecule has 6 aromatic carbocycles. The summed E-state index contributed by atoms with van der Waals surface area (Å²) in [7, 11) is 0. The van der Waals surface area contributed by atoms with Gasteiger partial charge in [-0.2, -0.15) is 9.97 Å². The molecule has 0 aliphatic heterocycles. The Morgan fingerprint density at radius 2 is 0.960 bits per heavy atom. The van der Waals surface area contributed by atoms with Crippen molar-refractivity contribution < 1.29 is 0 Å². The third-order valence-electron chi connectivity index (χ3n) is 9.44. The van der Waals surface area contributed by atoms with Gasteiger partial charge in [-0.1, -0.05) is 115 Å². The quantitative estimate of drug-likeness (QED) is 0.188. The molecule has 4 heterocycles. The van der Waals surface area contributed by atoms with Crippen LogP contribution >= 0.6 is 0 Å². The van der Waals surface area contributed by atoms with Crippen molar-refractivity contribution in [1.82, 2.24) is 29.1 Å². The normalized spacial score (nSPS) is 11.6. The van der Waals surface area contributed by atoms with Gasteiger partial charge < -0.3 is 4.57 Å². The van der Waals surface area contributed by atoms with Crippen LogP contribution in [0.15, 0.2) is 170 Å². The zero-order valence-corrected chi connectivity index (χ0v) is 26.8. The number of hydrogen-bond acceptors (Lipinski definition) is 4. The van der Waals surface area contributed by atoms with Gasteiger partial charge in [-0.15, -0.1) is 0 Å². The molecule has 0 fully saturated rings. The molecule has 0 atom stereocenters. The van der Waals surface area contributed by atoms with E-state index in [1.54, 1.807) is 0 Å². The fourth-order valence-electron chi connectivity index (χ4n) is 7.22. The second-order valence-electron chi connectivity index (χ2n) is 12.3. The van der Waals surface area contributed by atoms with Gasteiger partial charge >= 0.3 is 0 Å². The van der Waals surface area contributed by atoms with E-state index in [9.17, 15) is 0 Å². The first-order valence-corrected chi connectivity index (χ1v) is 16.7. The Morgan fingerprint density at radius 3 is 1.74 bits per heavy atom. The minimum absolute atomic E-state index is 0.561. The maximum Gasteiger partial charge on any atom is 0.238 e. The van der Waals surface area contributed by atoms with Crippen LogP contribution in [-0.4, -0.2) is 29.1 Å². The van der Waals surface area contributed by atoms with E-state index < -0.39 is 0 Å². The summed E-state index contributed by atoms with van der Waals surface area (Å²) in [4.78, 5) is 20.5. The van der Waals surface area contributed by atoms with Crippen molar-refractivity contribution >= 4 is 43.7 Å². The molecule has 0 N–H and O–H groups in total. The van der Waals surface area contributed by atoms with Gasteiger partial charge in [0.25, 0.3) is 0 Å². The highest BCUT2D eigenvalue weighted by Gasteiger charge is 2.21. The summed E-state index contributed by atoms with van der Waals surface area (Å²) in [5.41, 5.74) is 10.1. The van der Waals surface area contributed by atoms with E-state index in [1.165, 1.54) is 0 Å². The Bertz CT molecular complexity index is 2780. The van der Waals surface area contributed by atoms with Gasteiger partial charge in [-0.05, 0) is 59.7 Å². The van der Waals surface area contributed by atoms with Gasteiger partial charge in [-0.25, -0.2) is 4.98 Å². The highest BCUT2D eigenvalue weighted by atomic mass is 15.2. The van der Waals surface area contributed by atoms with E-state index in [0.717, 1.165) is 71.7 Å². The number of benzene rings is 6. The van der Waals surface area contributed by atoms with Gasteiger partial charge in [0.1, 0.15) is 0 Å². The second-order valence-corrected chi connectivity index (χ2v) is 12.3. The molecule has 50 heavy (non-hydrogen) atoms. The molecule has 0 amide bonds. The summed E-state index contributed by atoms with van der Waals surface area (Å²) in [5.74, 6) is 1.75. The highest BCUT2D eigenvalue weighted by Crippen LogP contribution is 2.36. The zero-order chi connectivity index (χ0) is 33.0. The predicted octanol–water partition coefficient (Wildman–Crippen LogP) is 10.5. The Kier molecular flexibility index (Phi) is 6.39. The average molecular weight is 641 g/mol. The van der Waals surface area contributed by atoms with Crippen LogP contribution in [-0.2, 0) is 0 Å². The molecule has 6 nitrogen and oxygen atoms in total. The number of pyridine rings is 1. The first kappa shape index (κ1) is 28.1. The predicted molar refractivity (Wildman–Crippen MR) is 203 cm³/mol. The summed E-state index contributed by atoms with van der Waals surface area (Å²) in [5, 5.41) is 3.39. The van der Waals surface area contributed by atoms with Crippen LogP contribution in [0.2, 0.25) is 0 Å². The monoisotopic (exact) mass is 640 g/mol. The van der Waals surface area contributed by atoms with Gasteiger partial charge in [0, 0.05) is 33.5 Å². The first-order valence-electron chi connectivity index (χ1n) is 16.7. The molecule has 4 aromatic heterocycles. The van der Waals surface area contributed by atoms with Gasteiger partial charge in [0.15, 0.2) is 11.6 Å². The lowest BCUT2D eigenvalue weighted by atomic mass is 10.0. The van der Waals surface area contributed by atoms with Crippen molar-refractivity contribution in [2.75, 3.05) is 0 Å². The standard InChI is InChI=1S/C44H28N6/c1-2-14-29(15-3-1)30-16-12-17-31(28-30)42-46-43(48-44(47-42)50-36-22-8-4-18-32(36)33-19-5-9-23-37(33)50)35-21-7-11-25-39(35)49-38-24-10-6-20-34(38)41-40(49)26-13-27-45-41/h1-28H. The molecule has 10 rings (SSSR count). The van der Waals surface area contributed by atoms with E-state index in [-0.39, 0.29) is 0 Å². The SMILES string of the molecule is c1ccc(-c2cccc(-c3nc(-c4ccccc4-n4c5ccccc5c5ncccc54)nc(-n4c5ccccc5c5ccccc54)n3)c2)cc1. The Labute approximate surface area is 287 Å². The number of hydrogen-bond donors (Lipinski definition) is 0. The van der Waals surface area contributed by atoms with Gasteiger partial charge in [0.05, 0.1) is 33.3 Å². The zero-order valence-electron chi connectivity index (χ0n) is 26.8. The largest absolute Gasteiger partial charge is 0.307 e. The Balaban J connectivity index is 1.27.